The number of phenols is 1. The van der Waals surface area contributed by atoms with Crippen LogP contribution in [-0.4, -0.2) is 46.5 Å². The van der Waals surface area contributed by atoms with E-state index < -0.39 is 0 Å². The fourth-order valence-corrected chi connectivity index (χ4v) is 4.50. The van der Waals surface area contributed by atoms with Crippen molar-refractivity contribution in [3.05, 3.63) is 24.8 Å². The van der Waals surface area contributed by atoms with Crippen LogP contribution in [0.4, 0.5) is 0 Å². The molecule has 1 heterocycles. The smallest absolute Gasteiger partial charge is 0.133 e. The summed E-state index contributed by atoms with van der Waals surface area (Å²) in [6.45, 7) is 2.48. The van der Waals surface area contributed by atoms with Gasteiger partial charge >= 0.3 is 0 Å². The summed E-state index contributed by atoms with van der Waals surface area (Å²) in [5.41, 5.74) is 0.625. The number of phenolic OH excluding ortho intramolecular Hbond substituents is 1. The van der Waals surface area contributed by atoms with Gasteiger partial charge in [0, 0.05) is 21.1 Å². The number of hydrogen-bond donors (Lipinski definition) is 3. The molecule has 0 saturated carbocycles. The molecule has 6 heteroatoms. The van der Waals surface area contributed by atoms with Crippen LogP contribution in [0.2, 0.25) is 0 Å². The highest BCUT2D eigenvalue weighted by Gasteiger charge is 2.33. The molecule has 3 N–H and O–H groups in total. The van der Waals surface area contributed by atoms with Gasteiger partial charge in [0.25, 0.3) is 0 Å². The lowest BCUT2D eigenvalue weighted by molar-refractivity contribution is -0.00330. The first kappa shape index (κ1) is 16.7. The predicted octanol–water partition coefficient (Wildman–Crippen LogP) is 2.17. The highest BCUT2D eigenvalue weighted by atomic mass is 127. The summed E-state index contributed by atoms with van der Waals surface area (Å²) in [7, 11) is 0. The molecular weight excluding hydrogens is 484 g/mol. The normalized spacial score (nSPS) is 19.2. The molecule has 1 aromatic carbocycles. The Morgan fingerprint density at radius 2 is 1.70 bits per heavy atom. The summed E-state index contributed by atoms with van der Waals surface area (Å²) in [5, 5.41) is 29.0. The molecule has 0 spiro atoms. The number of nitrogens with zero attached hydrogens (tertiary/aromatic N) is 1. The molecule has 0 unspecified atom stereocenters. The van der Waals surface area contributed by atoms with Crippen LogP contribution >= 0.6 is 45.2 Å². The van der Waals surface area contributed by atoms with E-state index in [9.17, 15) is 15.3 Å². The molecular formula is C14H19I2NO3. The first-order valence-electron chi connectivity index (χ1n) is 6.61. The molecule has 0 aliphatic carbocycles. The molecule has 20 heavy (non-hydrogen) atoms. The van der Waals surface area contributed by atoms with Gasteiger partial charge in [-0.15, -0.1) is 0 Å². The van der Waals surface area contributed by atoms with Gasteiger partial charge in [-0.25, -0.2) is 0 Å². The lowest BCUT2D eigenvalue weighted by atomic mass is 9.80. The van der Waals surface area contributed by atoms with E-state index in [1.54, 1.807) is 0 Å². The van der Waals surface area contributed by atoms with Crippen molar-refractivity contribution in [3.8, 4) is 5.75 Å². The van der Waals surface area contributed by atoms with Crippen LogP contribution in [0.15, 0.2) is 12.1 Å². The Labute approximate surface area is 146 Å². The fourth-order valence-electron chi connectivity index (χ4n) is 2.53. The maximum absolute atomic E-state index is 10.1. The SMILES string of the molecule is OCC1(CO)CCN(Cc2cc(I)cc(I)c2O)CC1. The van der Waals surface area contributed by atoms with Crippen molar-refractivity contribution >= 4 is 45.2 Å². The van der Waals surface area contributed by atoms with E-state index in [-0.39, 0.29) is 18.6 Å². The van der Waals surface area contributed by atoms with Crippen LogP contribution in [0.3, 0.4) is 0 Å². The van der Waals surface area contributed by atoms with Crippen LogP contribution in [0.25, 0.3) is 0 Å². The molecule has 1 aliphatic heterocycles. The second-order valence-electron chi connectivity index (χ2n) is 5.49. The van der Waals surface area contributed by atoms with Crippen molar-refractivity contribution in [1.29, 1.82) is 0 Å². The van der Waals surface area contributed by atoms with E-state index in [4.69, 9.17) is 0 Å². The zero-order valence-electron chi connectivity index (χ0n) is 11.1. The van der Waals surface area contributed by atoms with Crippen molar-refractivity contribution in [2.24, 2.45) is 5.41 Å². The molecule has 4 nitrogen and oxygen atoms in total. The van der Waals surface area contributed by atoms with Gasteiger partial charge < -0.3 is 15.3 Å². The number of aliphatic hydroxyl groups excluding tert-OH is 2. The summed E-state index contributed by atoms with van der Waals surface area (Å²) in [6.07, 6.45) is 1.59. The molecule has 1 aromatic rings. The molecule has 0 aromatic heterocycles. The van der Waals surface area contributed by atoms with E-state index >= 15 is 0 Å². The fraction of sp³-hybridized carbons (Fsp3) is 0.571. The Kier molecular flexibility index (Phi) is 5.92. The average Bonchev–Trinajstić information content (AvgIpc) is 2.45. The Morgan fingerprint density at radius 3 is 2.25 bits per heavy atom. The highest BCUT2D eigenvalue weighted by molar-refractivity contribution is 14.1. The van der Waals surface area contributed by atoms with Crippen molar-refractivity contribution in [2.75, 3.05) is 26.3 Å². The topological polar surface area (TPSA) is 63.9 Å². The summed E-state index contributed by atoms with van der Waals surface area (Å²) >= 11 is 4.41. The van der Waals surface area contributed by atoms with Gasteiger partial charge in [0.05, 0.1) is 16.8 Å². The first-order valence-corrected chi connectivity index (χ1v) is 8.76. The summed E-state index contributed by atoms with van der Waals surface area (Å²) in [4.78, 5) is 2.27. The molecule has 1 aliphatic rings. The zero-order valence-corrected chi connectivity index (χ0v) is 15.5. The molecule has 0 radical (unpaired) electrons. The number of likely N-dealkylation sites (tertiary alicyclic amines) is 1. The third kappa shape index (κ3) is 3.76. The van der Waals surface area contributed by atoms with Gasteiger partial charge in [-0.1, -0.05) is 0 Å². The van der Waals surface area contributed by atoms with Gasteiger partial charge in [-0.3, -0.25) is 4.90 Å². The van der Waals surface area contributed by atoms with Gasteiger partial charge in [0.15, 0.2) is 0 Å². The number of aliphatic hydroxyl groups is 2. The Balaban J connectivity index is 2.03. The monoisotopic (exact) mass is 503 g/mol. The summed E-state index contributed by atoms with van der Waals surface area (Å²) in [5.74, 6) is 0.368. The third-order valence-electron chi connectivity index (χ3n) is 4.09. The minimum atomic E-state index is -0.321. The van der Waals surface area contributed by atoms with Gasteiger partial charge in [-0.2, -0.15) is 0 Å². The van der Waals surface area contributed by atoms with Crippen LogP contribution in [0, 0.1) is 12.6 Å². The standard InChI is InChI=1S/C14H19I2NO3/c15-11-5-10(13(20)12(16)6-11)7-17-3-1-14(8-18,9-19)2-4-17/h5-6,18-20H,1-4,7-9H2. The lowest BCUT2D eigenvalue weighted by Crippen LogP contribution is -2.43. The number of rotatable bonds is 4. The van der Waals surface area contributed by atoms with E-state index in [1.807, 2.05) is 12.1 Å². The second kappa shape index (κ2) is 7.08. The number of hydrogen-bond acceptors (Lipinski definition) is 4. The average molecular weight is 503 g/mol. The Morgan fingerprint density at radius 1 is 1.10 bits per heavy atom. The Bertz CT molecular complexity index is 468. The largest absolute Gasteiger partial charge is 0.507 e. The molecule has 1 fully saturated rings. The maximum Gasteiger partial charge on any atom is 0.133 e. The molecule has 112 valence electrons. The number of benzene rings is 1. The molecule has 0 bridgehead atoms. The van der Waals surface area contributed by atoms with Crippen LogP contribution in [0.1, 0.15) is 18.4 Å². The molecule has 0 amide bonds. The minimum Gasteiger partial charge on any atom is -0.507 e. The van der Waals surface area contributed by atoms with Gasteiger partial charge in [-0.05, 0) is 83.2 Å². The first-order chi connectivity index (χ1) is 9.49. The predicted molar refractivity (Wildman–Crippen MR) is 94.7 cm³/mol. The molecule has 2 rings (SSSR count). The molecule has 0 atom stereocenters. The van der Waals surface area contributed by atoms with Crippen molar-refractivity contribution in [1.82, 2.24) is 4.90 Å². The van der Waals surface area contributed by atoms with E-state index in [0.29, 0.717) is 12.3 Å². The molecule has 1 saturated heterocycles. The van der Waals surface area contributed by atoms with Crippen molar-refractivity contribution < 1.29 is 15.3 Å². The lowest BCUT2D eigenvalue weighted by Gasteiger charge is -2.39. The number of aromatic hydroxyl groups is 1. The van der Waals surface area contributed by atoms with Crippen molar-refractivity contribution in [3.63, 3.8) is 0 Å². The summed E-state index contributed by atoms with van der Waals surface area (Å²) < 4.78 is 2.00. The maximum atomic E-state index is 10.1. The number of piperidine rings is 1. The van der Waals surface area contributed by atoms with Gasteiger partial charge in [0.2, 0.25) is 0 Å². The second-order valence-corrected chi connectivity index (χ2v) is 7.90. The quantitative estimate of drug-likeness (QED) is 0.552. The van der Waals surface area contributed by atoms with E-state index in [2.05, 4.69) is 50.1 Å². The Hall–Kier alpha value is 0.360. The minimum absolute atomic E-state index is 0.0454. The number of halogens is 2. The van der Waals surface area contributed by atoms with Gasteiger partial charge in [0.1, 0.15) is 5.75 Å². The van der Waals surface area contributed by atoms with Crippen molar-refractivity contribution in [2.45, 2.75) is 19.4 Å². The van der Waals surface area contributed by atoms with E-state index in [1.165, 1.54) is 0 Å². The third-order valence-corrected chi connectivity index (χ3v) is 5.53. The summed E-state index contributed by atoms with van der Waals surface area (Å²) in [6, 6.07) is 3.97. The van der Waals surface area contributed by atoms with Crippen LogP contribution < -0.4 is 0 Å². The zero-order chi connectivity index (χ0) is 14.8. The van der Waals surface area contributed by atoms with Crippen LogP contribution in [0.5, 0.6) is 5.75 Å². The highest BCUT2D eigenvalue weighted by Crippen LogP contribution is 2.33. The van der Waals surface area contributed by atoms with E-state index in [0.717, 1.165) is 38.6 Å². The van der Waals surface area contributed by atoms with Crippen LogP contribution in [-0.2, 0) is 6.54 Å².